The van der Waals surface area contributed by atoms with Crippen LogP contribution in [0.2, 0.25) is 0 Å². The van der Waals surface area contributed by atoms with Gasteiger partial charge in [-0.2, -0.15) is 11.8 Å². The van der Waals surface area contributed by atoms with E-state index in [1.807, 2.05) is 30.8 Å². The molecule has 1 aromatic rings. The van der Waals surface area contributed by atoms with E-state index in [2.05, 4.69) is 4.90 Å². The third-order valence-electron chi connectivity index (χ3n) is 3.43. The van der Waals surface area contributed by atoms with Crippen molar-refractivity contribution >= 4 is 11.8 Å². The van der Waals surface area contributed by atoms with Gasteiger partial charge in [0.1, 0.15) is 5.82 Å². The Balaban J connectivity index is 2.23. The van der Waals surface area contributed by atoms with Crippen LogP contribution in [0.4, 0.5) is 4.39 Å². The van der Waals surface area contributed by atoms with Crippen molar-refractivity contribution in [1.82, 2.24) is 4.90 Å². The fourth-order valence-corrected chi connectivity index (χ4v) is 3.37. The molecule has 2 N–H and O–H groups in total. The summed E-state index contributed by atoms with van der Waals surface area (Å²) in [7, 11) is 0. The number of rotatable bonds is 3. The van der Waals surface area contributed by atoms with E-state index in [1.54, 1.807) is 6.07 Å². The summed E-state index contributed by atoms with van der Waals surface area (Å²) in [6.45, 7) is 4.49. The van der Waals surface area contributed by atoms with Gasteiger partial charge in [-0.25, -0.2) is 4.39 Å². The van der Waals surface area contributed by atoms with Gasteiger partial charge in [0.2, 0.25) is 0 Å². The largest absolute Gasteiger partial charge is 0.329 e. The Bertz CT molecular complexity index is 389. The number of hydrogen-bond donors (Lipinski definition) is 1. The van der Waals surface area contributed by atoms with Gasteiger partial charge in [-0.1, -0.05) is 17.7 Å². The highest BCUT2D eigenvalue weighted by Crippen LogP contribution is 2.25. The Morgan fingerprint density at radius 2 is 2.22 bits per heavy atom. The predicted molar refractivity (Wildman–Crippen MR) is 76.4 cm³/mol. The van der Waals surface area contributed by atoms with Gasteiger partial charge in [-0.15, -0.1) is 0 Å². The number of hydrogen-bond acceptors (Lipinski definition) is 3. The Morgan fingerprint density at radius 3 is 3.00 bits per heavy atom. The van der Waals surface area contributed by atoms with Crippen LogP contribution >= 0.6 is 11.8 Å². The van der Waals surface area contributed by atoms with Crippen molar-refractivity contribution < 1.29 is 4.39 Å². The second-order valence-corrected chi connectivity index (χ2v) is 6.00. The van der Waals surface area contributed by atoms with E-state index >= 15 is 0 Å². The summed E-state index contributed by atoms with van der Waals surface area (Å²) in [6.07, 6.45) is 1.16. The average molecular weight is 268 g/mol. The van der Waals surface area contributed by atoms with Gasteiger partial charge in [-0.3, -0.25) is 4.90 Å². The van der Waals surface area contributed by atoms with Gasteiger partial charge in [0.15, 0.2) is 0 Å². The minimum absolute atomic E-state index is 0.0172. The predicted octanol–water partition coefficient (Wildman–Crippen LogP) is 2.57. The standard InChI is InChI=1S/C14H21FN2S/c1-11-3-4-13(15)12(9-11)14(10-16)17-5-2-7-18-8-6-17/h3-4,9,14H,2,5-8,10,16H2,1H3. The first-order valence-electron chi connectivity index (χ1n) is 6.50. The molecule has 1 atom stereocenters. The zero-order chi connectivity index (χ0) is 13.0. The number of nitrogens with zero attached hydrogens (tertiary/aromatic N) is 1. The minimum Gasteiger partial charge on any atom is -0.329 e. The highest BCUT2D eigenvalue weighted by atomic mass is 32.2. The molecule has 0 saturated carbocycles. The first kappa shape index (κ1) is 13.8. The summed E-state index contributed by atoms with van der Waals surface area (Å²) in [4.78, 5) is 2.33. The van der Waals surface area contributed by atoms with Crippen LogP contribution in [0.5, 0.6) is 0 Å². The number of thioether (sulfide) groups is 1. The zero-order valence-electron chi connectivity index (χ0n) is 10.9. The number of nitrogens with two attached hydrogens (primary N) is 1. The molecule has 1 unspecified atom stereocenters. The monoisotopic (exact) mass is 268 g/mol. The van der Waals surface area contributed by atoms with Crippen LogP contribution in [0, 0.1) is 12.7 Å². The Kier molecular flexibility index (Phi) is 5.03. The maximum atomic E-state index is 14.0. The van der Waals surface area contributed by atoms with Crippen LogP contribution in [0.15, 0.2) is 18.2 Å². The second kappa shape index (κ2) is 6.55. The van der Waals surface area contributed by atoms with Crippen LogP contribution in [0.3, 0.4) is 0 Å². The van der Waals surface area contributed by atoms with E-state index < -0.39 is 0 Å². The van der Waals surface area contributed by atoms with Gasteiger partial charge in [0.25, 0.3) is 0 Å². The molecule has 100 valence electrons. The van der Waals surface area contributed by atoms with E-state index in [4.69, 9.17) is 5.73 Å². The number of benzene rings is 1. The lowest BCUT2D eigenvalue weighted by molar-refractivity contribution is 0.213. The van der Waals surface area contributed by atoms with Crippen LogP contribution in [-0.2, 0) is 0 Å². The molecule has 2 nitrogen and oxygen atoms in total. The Labute approximate surface area is 113 Å². The molecule has 1 aliphatic heterocycles. The van der Waals surface area contributed by atoms with Crippen molar-refractivity contribution in [3.05, 3.63) is 35.1 Å². The molecule has 1 saturated heterocycles. The molecule has 0 amide bonds. The molecule has 0 radical (unpaired) electrons. The van der Waals surface area contributed by atoms with Crippen LogP contribution in [0.1, 0.15) is 23.6 Å². The lowest BCUT2D eigenvalue weighted by atomic mass is 10.0. The van der Waals surface area contributed by atoms with Gasteiger partial charge in [0, 0.05) is 30.4 Å². The van der Waals surface area contributed by atoms with Crippen LogP contribution < -0.4 is 5.73 Å². The molecule has 0 bridgehead atoms. The molecule has 1 aromatic carbocycles. The molecule has 18 heavy (non-hydrogen) atoms. The lowest BCUT2D eigenvalue weighted by Gasteiger charge is -2.30. The fraction of sp³-hybridized carbons (Fsp3) is 0.571. The normalized spacial score (nSPS) is 19.5. The van der Waals surface area contributed by atoms with Crippen LogP contribution in [-0.4, -0.2) is 36.0 Å². The molecular weight excluding hydrogens is 247 g/mol. The Hall–Kier alpha value is -0.580. The molecule has 0 aliphatic carbocycles. The smallest absolute Gasteiger partial charge is 0.128 e. The minimum atomic E-state index is -0.132. The number of halogens is 1. The van der Waals surface area contributed by atoms with Gasteiger partial charge >= 0.3 is 0 Å². The van der Waals surface area contributed by atoms with Crippen molar-refractivity contribution in [3.63, 3.8) is 0 Å². The van der Waals surface area contributed by atoms with Crippen molar-refractivity contribution in [3.8, 4) is 0 Å². The number of aryl methyl sites for hydroxylation is 1. The summed E-state index contributed by atoms with van der Waals surface area (Å²) in [5.41, 5.74) is 7.74. The van der Waals surface area contributed by atoms with Gasteiger partial charge in [-0.05, 0) is 31.7 Å². The third kappa shape index (κ3) is 3.25. The molecule has 4 heteroatoms. The van der Waals surface area contributed by atoms with Gasteiger partial charge < -0.3 is 5.73 Å². The fourth-order valence-electron chi connectivity index (χ4n) is 2.47. The molecule has 1 heterocycles. The summed E-state index contributed by atoms with van der Waals surface area (Å²) in [6, 6.07) is 5.32. The molecule has 2 rings (SSSR count). The van der Waals surface area contributed by atoms with Crippen molar-refractivity contribution in [2.75, 3.05) is 31.1 Å². The molecule has 0 aromatic heterocycles. The molecule has 0 spiro atoms. The van der Waals surface area contributed by atoms with E-state index in [0.29, 0.717) is 6.54 Å². The first-order chi connectivity index (χ1) is 8.72. The topological polar surface area (TPSA) is 29.3 Å². The zero-order valence-corrected chi connectivity index (χ0v) is 11.7. The first-order valence-corrected chi connectivity index (χ1v) is 7.65. The van der Waals surface area contributed by atoms with E-state index in [0.717, 1.165) is 36.4 Å². The summed E-state index contributed by atoms with van der Waals surface area (Å²) in [5.74, 6) is 2.18. The molecule has 1 aliphatic rings. The van der Waals surface area contributed by atoms with Gasteiger partial charge in [0.05, 0.1) is 0 Å². The van der Waals surface area contributed by atoms with E-state index in [9.17, 15) is 4.39 Å². The lowest BCUT2D eigenvalue weighted by Crippen LogP contribution is -2.36. The van der Waals surface area contributed by atoms with Crippen LogP contribution in [0.25, 0.3) is 0 Å². The average Bonchev–Trinajstić information content (AvgIpc) is 2.64. The third-order valence-corrected chi connectivity index (χ3v) is 4.48. The molecular formula is C14H21FN2S. The van der Waals surface area contributed by atoms with E-state index in [-0.39, 0.29) is 11.9 Å². The maximum Gasteiger partial charge on any atom is 0.128 e. The second-order valence-electron chi connectivity index (χ2n) is 4.78. The summed E-state index contributed by atoms with van der Waals surface area (Å²) < 4.78 is 14.0. The highest BCUT2D eigenvalue weighted by Gasteiger charge is 2.22. The quantitative estimate of drug-likeness (QED) is 0.913. The maximum absolute atomic E-state index is 14.0. The highest BCUT2D eigenvalue weighted by molar-refractivity contribution is 7.99. The SMILES string of the molecule is Cc1ccc(F)c(C(CN)N2CCCSCC2)c1. The summed E-state index contributed by atoms with van der Waals surface area (Å²) in [5, 5.41) is 0. The van der Waals surface area contributed by atoms with Crippen molar-refractivity contribution in [2.45, 2.75) is 19.4 Å². The van der Waals surface area contributed by atoms with Crippen molar-refractivity contribution in [1.29, 1.82) is 0 Å². The Morgan fingerprint density at radius 1 is 1.39 bits per heavy atom. The molecule has 1 fully saturated rings. The van der Waals surface area contributed by atoms with Crippen molar-refractivity contribution in [2.24, 2.45) is 5.73 Å². The summed E-state index contributed by atoms with van der Waals surface area (Å²) >= 11 is 1.97. The van der Waals surface area contributed by atoms with E-state index in [1.165, 1.54) is 5.75 Å².